The van der Waals surface area contributed by atoms with Gasteiger partial charge in [-0.05, 0) is 41.4 Å². The smallest absolute Gasteiger partial charge is 0.178 e. The first-order valence-corrected chi connectivity index (χ1v) is 7.66. The van der Waals surface area contributed by atoms with Gasteiger partial charge in [0.05, 0.1) is 5.57 Å². The highest BCUT2D eigenvalue weighted by Gasteiger charge is 2.52. The Morgan fingerprint density at radius 1 is 1.36 bits per heavy atom. The molecule has 0 fully saturated rings. The fraction of sp³-hybridized carbons (Fsp3) is 0.421. The molecule has 0 aliphatic heterocycles. The van der Waals surface area contributed by atoms with Crippen molar-refractivity contribution in [3.05, 3.63) is 47.8 Å². The summed E-state index contributed by atoms with van der Waals surface area (Å²) in [5.41, 5.74) is 2.04. The summed E-state index contributed by atoms with van der Waals surface area (Å²) < 4.78 is 0. The molecule has 0 spiro atoms. The molecule has 1 aromatic rings. The molecule has 0 N–H and O–H groups in total. The molecule has 0 radical (unpaired) electrons. The van der Waals surface area contributed by atoms with Gasteiger partial charge in [-0.3, -0.25) is 9.78 Å². The number of rotatable bonds is 1. The number of carbonyl (C=O) groups excluding carboxylic acids is 1. The first-order chi connectivity index (χ1) is 10.4. The van der Waals surface area contributed by atoms with Crippen LogP contribution in [-0.2, 0) is 4.79 Å². The summed E-state index contributed by atoms with van der Waals surface area (Å²) in [7, 11) is 0. The van der Waals surface area contributed by atoms with Crippen molar-refractivity contribution in [2.24, 2.45) is 16.7 Å². The van der Waals surface area contributed by atoms with E-state index >= 15 is 0 Å². The predicted octanol–water partition coefficient (Wildman–Crippen LogP) is 3.94. The SMILES string of the molecule is CC1(C)C(=O)C(C#N)=C[C@]2(C)CC(c3cccnc3)=CC[C@@H]12. The second-order valence-electron chi connectivity index (χ2n) is 7.16. The molecule has 112 valence electrons. The van der Waals surface area contributed by atoms with Crippen molar-refractivity contribution in [3.8, 4) is 6.07 Å². The average Bonchev–Trinajstić information content (AvgIpc) is 2.51. The third-order valence-electron chi connectivity index (χ3n) is 5.30. The Balaban J connectivity index is 2.06. The van der Waals surface area contributed by atoms with Gasteiger partial charge >= 0.3 is 0 Å². The van der Waals surface area contributed by atoms with Crippen LogP contribution in [0.3, 0.4) is 0 Å². The summed E-state index contributed by atoms with van der Waals surface area (Å²) in [6.07, 6.45) is 9.50. The molecule has 1 aromatic heterocycles. The zero-order valence-electron chi connectivity index (χ0n) is 13.3. The van der Waals surface area contributed by atoms with E-state index in [4.69, 9.17) is 0 Å². The standard InChI is InChI=1S/C19H20N2O/c1-18(2)16-7-6-13(14-5-4-8-21-12-14)9-19(16,3)10-15(11-20)17(18)22/h4-6,8,10,12,16H,7,9H2,1-3H3/t16-,19-/m0/s1. The van der Waals surface area contributed by atoms with E-state index in [9.17, 15) is 10.1 Å². The topological polar surface area (TPSA) is 53.8 Å². The van der Waals surface area contributed by atoms with E-state index in [1.807, 2.05) is 32.2 Å². The third kappa shape index (κ3) is 2.11. The number of pyridine rings is 1. The van der Waals surface area contributed by atoms with Crippen molar-refractivity contribution in [1.82, 2.24) is 4.98 Å². The lowest BCUT2D eigenvalue weighted by Crippen LogP contribution is -2.47. The molecule has 0 saturated carbocycles. The molecule has 0 amide bonds. The Morgan fingerprint density at radius 3 is 2.77 bits per heavy atom. The van der Waals surface area contributed by atoms with Crippen LogP contribution in [0.15, 0.2) is 42.3 Å². The van der Waals surface area contributed by atoms with Gasteiger partial charge in [-0.2, -0.15) is 5.26 Å². The van der Waals surface area contributed by atoms with Crippen molar-refractivity contribution in [2.75, 3.05) is 0 Å². The Morgan fingerprint density at radius 2 is 2.14 bits per heavy atom. The second kappa shape index (κ2) is 4.91. The van der Waals surface area contributed by atoms with Gasteiger partial charge < -0.3 is 0 Å². The molecule has 0 aromatic carbocycles. The van der Waals surface area contributed by atoms with Crippen LogP contribution in [0.4, 0.5) is 0 Å². The van der Waals surface area contributed by atoms with Gasteiger partial charge in [0, 0.05) is 17.8 Å². The molecular formula is C19H20N2O. The number of allylic oxidation sites excluding steroid dienone is 4. The fourth-order valence-corrected chi connectivity index (χ4v) is 4.16. The highest BCUT2D eigenvalue weighted by atomic mass is 16.1. The van der Waals surface area contributed by atoms with Crippen LogP contribution >= 0.6 is 0 Å². The molecule has 0 bridgehead atoms. The lowest BCUT2D eigenvalue weighted by molar-refractivity contribution is -0.129. The van der Waals surface area contributed by atoms with Gasteiger partial charge in [0.15, 0.2) is 5.78 Å². The minimum Gasteiger partial charge on any atom is -0.293 e. The Bertz CT molecular complexity index is 722. The fourth-order valence-electron chi connectivity index (χ4n) is 4.16. The minimum atomic E-state index is -0.495. The average molecular weight is 292 g/mol. The van der Waals surface area contributed by atoms with Gasteiger partial charge in [-0.1, -0.05) is 39.0 Å². The molecule has 3 heteroatoms. The maximum atomic E-state index is 12.5. The highest BCUT2D eigenvalue weighted by Crippen LogP contribution is 2.55. The summed E-state index contributed by atoms with van der Waals surface area (Å²) in [4.78, 5) is 16.7. The van der Waals surface area contributed by atoms with E-state index in [0.717, 1.165) is 18.4 Å². The monoisotopic (exact) mass is 292 g/mol. The number of nitrogens with zero attached hydrogens (tertiary/aromatic N) is 2. The molecular weight excluding hydrogens is 272 g/mol. The number of hydrogen-bond donors (Lipinski definition) is 0. The number of carbonyl (C=O) groups is 1. The molecule has 22 heavy (non-hydrogen) atoms. The summed E-state index contributed by atoms with van der Waals surface area (Å²) in [6.45, 7) is 6.13. The zero-order chi connectivity index (χ0) is 16.0. The Kier molecular flexibility index (Phi) is 3.29. The number of Topliss-reactive ketones (excluding diaryl/α,β-unsaturated/α-hetero) is 1. The van der Waals surface area contributed by atoms with Crippen LogP contribution in [0.5, 0.6) is 0 Å². The van der Waals surface area contributed by atoms with Crippen LogP contribution in [-0.4, -0.2) is 10.8 Å². The van der Waals surface area contributed by atoms with E-state index < -0.39 is 5.41 Å². The molecule has 0 saturated heterocycles. The maximum Gasteiger partial charge on any atom is 0.178 e. The van der Waals surface area contributed by atoms with Crippen LogP contribution < -0.4 is 0 Å². The van der Waals surface area contributed by atoms with Gasteiger partial charge in [0.25, 0.3) is 0 Å². The third-order valence-corrected chi connectivity index (χ3v) is 5.30. The van der Waals surface area contributed by atoms with Crippen LogP contribution in [0.2, 0.25) is 0 Å². The predicted molar refractivity (Wildman–Crippen MR) is 85.5 cm³/mol. The molecule has 2 atom stereocenters. The first kappa shape index (κ1) is 14.7. The lowest BCUT2D eigenvalue weighted by Gasteiger charge is -2.49. The van der Waals surface area contributed by atoms with Crippen LogP contribution in [0, 0.1) is 28.1 Å². The number of aromatic nitrogens is 1. The lowest BCUT2D eigenvalue weighted by atomic mass is 9.52. The zero-order valence-corrected chi connectivity index (χ0v) is 13.3. The van der Waals surface area contributed by atoms with Crippen molar-refractivity contribution >= 4 is 11.4 Å². The summed E-state index contributed by atoms with van der Waals surface area (Å²) in [6, 6.07) is 6.11. The van der Waals surface area contributed by atoms with Crippen LogP contribution in [0.25, 0.3) is 5.57 Å². The van der Waals surface area contributed by atoms with E-state index in [2.05, 4.69) is 30.1 Å². The largest absolute Gasteiger partial charge is 0.293 e. The molecule has 3 nitrogen and oxygen atoms in total. The first-order valence-electron chi connectivity index (χ1n) is 7.66. The summed E-state index contributed by atoms with van der Waals surface area (Å²) >= 11 is 0. The van der Waals surface area contributed by atoms with E-state index in [1.165, 1.54) is 5.57 Å². The van der Waals surface area contributed by atoms with Gasteiger partial charge in [0.1, 0.15) is 6.07 Å². The number of hydrogen-bond acceptors (Lipinski definition) is 3. The quantitative estimate of drug-likeness (QED) is 0.787. The van der Waals surface area contributed by atoms with E-state index in [0.29, 0.717) is 5.57 Å². The molecule has 2 aliphatic rings. The summed E-state index contributed by atoms with van der Waals surface area (Å²) in [5, 5.41) is 9.32. The van der Waals surface area contributed by atoms with Crippen molar-refractivity contribution < 1.29 is 4.79 Å². The molecule has 1 heterocycles. The van der Waals surface area contributed by atoms with Gasteiger partial charge in [-0.15, -0.1) is 0 Å². The number of fused-ring (bicyclic) bond motifs is 1. The van der Waals surface area contributed by atoms with Gasteiger partial charge in [0.2, 0.25) is 0 Å². The normalized spacial score (nSPS) is 29.9. The van der Waals surface area contributed by atoms with Crippen LogP contribution in [0.1, 0.15) is 39.2 Å². The second-order valence-corrected chi connectivity index (χ2v) is 7.16. The molecule has 0 unspecified atom stereocenters. The highest BCUT2D eigenvalue weighted by molar-refractivity contribution is 6.04. The van der Waals surface area contributed by atoms with E-state index in [-0.39, 0.29) is 17.1 Å². The number of ketones is 1. The van der Waals surface area contributed by atoms with Crippen molar-refractivity contribution in [2.45, 2.75) is 33.6 Å². The Hall–Kier alpha value is -2.21. The van der Waals surface area contributed by atoms with Crippen molar-refractivity contribution in [1.29, 1.82) is 5.26 Å². The maximum absolute atomic E-state index is 12.5. The molecule has 3 rings (SSSR count). The van der Waals surface area contributed by atoms with Crippen molar-refractivity contribution in [3.63, 3.8) is 0 Å². The Labute approximate surface area is 131 Å². The van der Waals surface area contributed by atoms with E-state index in [1.54, 1.807) is 6.20 Å². The minimum absolute atomic E-state index is 0.0179. The van der Waals surface area contributed by atoms with Gasteiger partial charge in [-0.25, -0.2) is 0 Å². The molecule has 2 aliphatic carbocycles. The summed E-state index contributed by atoms with van der Waals surface area (Å²) in [5.74, 6) is 0.209. The number of nitriles is 1.